The van der Waals surface area contributed by atoms with Gasteiger partial charge in [-0.1, -0.05) is 26.7 Å². The van der Waals surface area contributed by atoms with E-state index in [1.54, 1.807) is 0 Å². The van der Waals surface area contributed by atoms with E-state index in [4.69, 9.17) is 0 Å². The lowest BCUT2D eigenvalue weighted by atomic mass is 9.88. The van der Waals surface area contributed by atoms with Crippen LogP contribution in [0.2, 0.25) is 0 Å². The van der Waals surface area contributed by atoms with Crippen molar-refractivity contribution in [1.82, 2.24) is 20.2 Å². The van der Waals surface area contributed by atoms with Crippen molar-refractivity contribution in [2.45, 2.75) is 52.1 Å². The fourth-order valence-electron chi connectivity index (χ4n) is 3.50. The highest BCUT2D eigenvalue weighted by molar-refractivity contribution is 5.94. The molecule has 1 unspecified atom stereocenters. The number of imidazole rings is 1. The average molecular weight is 320 g/mol. The summed E-state index contributed by atoms with van der Waals surface area (Å²) in [6, 6.07) is 0. The smallest absolute Gasteiger partial charge is 0.271 e. The Hall–Kier alpha value is -1.40. The molecular formula is C17H28N4O2. The number of H-pyrrole nitrogens is 1. The van der Waals surface area contributed by atoms with Crippen LogP contribution in [-0.4, -0.2) is 52.1 Å². The molecule has 0 aromatic carbocycles. The van der Waals surface area contributed by atoms with Gasteiger partial charge < -0.3 is 20.3 Å². The summed E-state index contributed by atoms with van der Waals surface area (Å²) >= 11 is 0. The standard InChI is InChI=1S/C17H28N4O2/c1-17(2)9-12-14(16(23)18-11-17)20-15(19-12)13(22)10-21-7-5-3-4-6-8-21/h13,22H,3-11H2,1-2H3,(H,18,23)(H,19,20). The highest BCUT2D eigenvalue weighted by Crippen LogP contribution is 2.26. The van der Waals surface area contributed by atoms with Gasteiger partial charge in [0.05, 0.1) is 0 Å². The predicted molar refractivity (Wildman–Crippen MR) is 88.3 cm³/mol. The molecule has 3 heterocycles. The summed E-state index contributed by atoms with van der Waals surface area (Å²) in [5.74, 6) is 0.377. The van der Waals surface area contributed by atoms with Crippen molar-refractivity contribution in [3.05, 3.63) is 17.2 Å². The molecule has 1 aromatic rings. The van der Waals surface area contributed by atoms with Gasteiger partial charge in [-0.3, -0.25) is 4.79 Å². The monoisotopic (exact) mass is 320 g/mol. The Bertz CT molecular complexity index is 559. The van der Waals surface area contributed by atoms with Gasteiger partial charge in [0.1, 0.15) is 17.6 Å². The van der Waals surface area contributed by atoms with E-state index < -0.39 is 6.10 Å². The lowest BCUT2D eigenvalue weighted by Gasteiger charge is -2.23. The van der Waals surface area contributed by atoms with Crippen LogP contribution in [0.4, 0.5) is 0 Å². The maximum absolute atomic E-state index is 12.2. The number of rotatable bonds is 3. The molecule has 3 N–H and O–H groups in total. The zero-order valence-corrected chi connectivity index (χ0v) is 14.2. The Morgan fingerprint density at radius 2 is 1.96 bits per heavy atom. The average Bonchev–Trinajstić information content (AvgIpc) is 2.67. The topological polar surface area (TPSA) is 81.2 Å². The molecule has 0 radical (unpaired) electrons. The minimum atomic E-state index is -0.670. The van der Waals surface area contributed by atoms with E-state index in [2.05, 4.69) is 34.0 Å². The maximum Gasteiger partial charge on any atom is 0.271 e. The van der Waals surface area contributed by atoms with Crippen LogP contribution >= 0.6 is 0 Å². The summed E-state index contributed by atoms with van der Waals surface area (Å²) in [5, 5.41) is 13.5. The van der Waals surface area contributed by atoms with E-state index >= 15 is 0 Å². The van der Waals surface area contributed by atoms with Crippen molar-refractivity contribution < 1.29 is 9.90 Å². The van der Waals surface area contributed by atoms with Crippen LogP contribution in [-0.2, 0) is 6.42 Å². The van der Waals surface area contributed by atoms with E-state index in [0.29, 0.717) is 24.6 Å². The molecule has 23 heavy (non-hydrogen) atoms. The summed E-state index contributed by atoms with van der Waals surface area (Å²) in [6.45, 7) is 7.53. The lowest BCUT2D eigenvalue weighted by molar-refractivity contribution is 0.0937. The van der Waals surface area contributed by atoms with E-state index in [9.17, 15) is 9.90 Å². The van der Waals surface area contributed by atoms with Gasteiger partial charge in [-0.05, 0) is 37.8 Å². The summed E-state index contributed by atoms with van der Waals surface area (Å²) in [6.07, 6.45) is 5.02. The molecule has 1 atom stereocenters. The Morgan fingerprint density at radius 1 is 1.26 bits per heavy atom. The number of aliphatic hydroxyl groups is 1. The molecular weight excluding hydrogens is 292 g/mol. The van der Waals surface area contributed by atoms with Gasteiger partial charge in [0.2, 0.25) is 0 Å². The van der Waals surface area contributed by atoms with E-state index in [-0.39, 0.29) is 11.3 Å². The van der Waals surface area contributed by atoms with Crippen LogP contribution in [0.1, 0.15) is 67.6 Å². The Morgan fingerprint density at radius 3 is 2.65 bits per heavy atom. The Kier molecular flexibility index (Phi) is 4.73. The summed E-state index contributed by atoms with van der Waals surface area (Å²) in [5.41, 5.74) is 1.27. The molecule has 6 heteroatoms. The molecule has 1 aromatic heterocycles. The first-order valence-corrected chi connectivity index (χ1v) is 8.72. The Balaban J connectivity index is 1.73. The van der Waals surface area contributed by atoms with Gasteiger partial charge in [0.15, 0.2) is 0 Å². The van der Waals surface area contributed by atoms with Crippen molar-refractivity contribution >= 4 is 5.91 Å². The molecule has 1 fully saturated rings. The fourth-order valence-corrected chi connectivity index (χ4v) is 3.50. The van der Waals surface area contributed by atoms with Crippen LogP contribution < -0.4 is 5.32 Å². The van der Waals surface area contributed by atoms with Gasteiger partial charge in [-0.15, -0.1) is 0 Å². The number of hydrogen-bond acceptors (Lipinski definition) is 4. The molecule has 0 saturated carbocycles. The lowest BCUT2D eigenvalue weighted by Crippen LogP contribution is -2.32. The Labute approximate surface area is 137 Å². The second-order valence-electron chi connectivity index (χ2n) is 7.70. The van der Waals surface area contributed by atoms with Gasteiger partial charge in [-0.2, -0.15) is 0 Å². The molecule has 2 aliphatic heterocycles. The summed E-state index contributed by atoms with van der Waals surface area (Å²) < 4.78 is 0. The molecule has 1 saturated heterocycles. The number of aromatic nitrogens is 2. The molecule has 1 amide bonds. The second kappa shape index (κ2) is 6.61. The third-order valence-corrected chi connectivity index (χ3v) is 4.84. The zero-order chi connectivity index (χ0) is 16.4. The second-order valence-corrected chi connectivity index (χ2v) is 7.70. The highest BCUT2D eigenvalue weighted by atomic mass is 16.3. The number of carbonyl (C=O) groups excluding carboxylic acids is 1. The number of aromatic amines is 1. The highest BCUT2D eigenvalue weighted by Gasteiger charge is 2.31. The zero-order valence-electron chi connectivity index (χ0n) is 14.2. The molecule has 0 spiro atoms. The van der Waals surface area contributed by atoms with Crippen molar-refractivity contribution in [2.24, 2.45) is 5.41 Å². The molecule has 3 rings (SSSR count). The van der Waals surface area contributed by atoms with Gasteiger partial charge in [-0.25, -0.2) is 4.98 Å². The van der Waals surface area contributed by atoms with Crippen molar-refractivity contribution in [3.8, 4) is 0 Å². The fraction of sp³-hybridized carbons (Fsp3) is 0.765. The number of nitrogens with one attached hydrogen (secondary N) is 2. The quantitative estimate of drug-likeness (QED) is 0.791. The number of β-amino-alcohol motifs (C(OH)–C–C–N with tert-alkyl or cyclic N) is 1. The van der Waals surface area contributed by atoms with Crippen LogP contribution in [0.5, 0.6) is 0 Å². The molecule has 2 aliphatic rings. The van der Waals surface area contributed by atoms with E-state index in [1.165, 1.54) is 25.7 Å². The molecule has 0 aliphatic carbocycles. The normalized spacial score (nSPS) is 23.5. The van der Waals surface area contributed by atoms with Crippen molar-refractivity contribution in [2.75, 3.05) is 26.2 Å². The van der Waals surface area contributed by atoms with Gasteiger partial charge >= 0.3 is 0 Å². The number of hydrogen-bond donors (Lipinski definition) is 3. The van der Waals surface area contributed by atoms with E-state index in [0.717, 1.165) is 25.2 Å². The summed E-state index contributed by atoms with van der Waals surface area (Å²) in [4.78, 5) is 22.1. The number of nitrogens with zero attached hydrogens (tertiary/aromatic N) is 2. The number of fused-ring (bicyclic) bond motifs is 1. The number of carbonyl (C=O) groups is 1. The minimum absolute atomic E-state index is 0.0134. The first-order valence-electron chi connectivity index (χ1n) is 8.72. The van der Waals surface area contributed by atoms with Crippen LogP contribution in [0, 0.1) is 5.41 Å². The van der Waals surface area contributed by atoms with Crippen molar-refractivity contribution in [1.29, 1.82) is 0 Å². The SMILES string of the molecule is CC1(C)CNC(=O)c2nc(C(O)CN3CCCCCC3)[nH]c2C1. The van der Waals surface area contributed by atoms with Crippen LogP contribution in [0.3, 0.4) is 0 Å². The molecule has 128 valence electrons. The maximum atomic E-state index is 12.2. The third-order valence-electron chi connectivity index (χ3n) is 4.84. The molecule has 0 bridgehead atoms. The number of aliphatic hydroxyl groups excluding tert-OH is 1. The first kappa shape index (κ1) is 16.5. The minimum Gasteiger partial charge on any atom is -0.384 e. The number of amides is 1. The van der Waals surface area contributed by atoms with Crippen molar-refractivity contribution in [3.63, 3.8) is 0 Å². The predicted octanol–water partition coefficient (Wildman–Crippen LogP) is 1.63. The number of likely N-dealkylation sites (tertiary alicyclic amines) is 1. The first-order chi connectivity index (χ1) is 10.9. The van der Waals surface area contributed by atoms with Crippen LogP contribution in [0.25, 0.3) is 0 Å². The van der Waals surface area contributed by atoms with Gasteiger partial charge in [0, 0.05) is 18.8 Å². The largest absolute Gasteiger partial charge is 0.384 e. The third kappa shape index (κ3) is 3.93. The summed E-state index contributed by atoms with van der Waals surface area (Å²) in [7, 11) is 0. The van der Waals surface area contributed by atoms with E-state index in [1.807, 2.05) is 0 Å². The van der Waals surface area contributed by atoms with Gasteiger partial charge in [0.25, 0.3) is 5.91 Å². The van der Waals surface area contributed by atoms with Crippen LogP contribution in [0.15, 0.2) is 0 Å². The molecule has 6 nitrogen and oxygen atoms in total.